The lowest BCUT2D eigenvalue weighted by atomic mass is 9.78. The van der Waals surface area contributed by atoms with Gasteiger partial charge < -0.3 is 0 Å². The number of allylic oxidation sites excluding steroid dienone is 2. The minimum atomic E-state index is 0.209. The molecule has 48 heavy (non-hydrogen) atoms. The lowest BCUT2D eigenvalue weighted by Crippen LogP contribution is -2.08. The molecule has 7 aromatic rings. The van der Waals surface area contributed by atoms with Crippen LogP contribution in [0.4, 0.5) is 0 Å². The number of dihydropyridines is 1. The molecular formula is C47H37N. The molecule has 2 aliphatic rings. The number of benzene rings is 7. The van der Waals surface area contributed by atoms with Crippen LogP contribution in [0.2, 0.25) is 0 Å². The molecule has 1 heteroatoms. The van der Waals surface area contributed by atoms with Crippen LogP contribution in [-0.4, -0.2) is 6.21 Å². The molecule has 2 unspecified atom stereocenters. The van der Waals surface area contributed by atoms with Gasteiger partial charge in [0.1, 0.15) is 0 Å². The Kier molecular flexibility index (Phi) is 7.12. The van der Waals surface area contributed by atoms with E-state index in [1.807, 2.05) is 12.3 Å². The monoisotopic (exact) mass is 615 g/mol. The van der Waals surface area contributed by atoms with E-state index in [1.54, 1.807) is 0 Å². The summed E-state index contributed by atoms with van der Waals surface area (Å²) in [5.74, 6) is 0.311. The van der Waals surface area contributed by atoms with Gasteiger partial charge in [-0.1, -0.05) is 153 Å². The average Bonchev–Trinajstić information content (AvgIpc) is 3.16. The van der Waals surface area contributed by atoms with Crippen LogP contribution < -0.4 is 0 Å². The molecule has 0 saturated carbocycles. The highest BCUT2D eigenvalue weighted by Gasteiger charge is 2.24. The van der Waals surface area contributed by atoms with Gasteiger partial charge in [0.15, 0.2) is 0 Å². The fourth-order valence-corrected chi connectivity index (χ4v) is 8.15. The van der Waals surface area contributed by atoms with Gasteiger partial charge in [0.25, 0.3) is 0 Å². The Bertz CT molecular complexity index is 2380. The molecule has 230 valence electrons. The Morgan fingerprint density at radius 2 is 1.31 bits per heavy atom. The molecule has 0 amide bonds. The molecule has 0 aromatic heterocycles. The van der Waals surface area contributed by atoms with E-state index in [-0.39, 0.29) is 6.04 Å². The van der Waals surface area contributed by atoms with Crippen LogP contribution in [0.1, 0.15) is 53.1 Å². The molecule has 2 atom stereocenters. The Hall–Kier alpha value is -5.53. The van der Waals surface area contributed by atoms with Crippen LogP contribution in [0.3, 0.4) is 0 Å². The summed E-state index contributed by atoms with van der Waals surface area (Å²) < 4.78 is 0. The minimum absolute atomic E-state index is 0.209. The van der Waals surface area contributed by atoms with Crippen LogP contribution in [0, 0.1) is 0 Å². The van der Waals surface area contributed by atoms with Gasteiger partial charge >= 0.3 is 0 Å². The number of nitrogens with zero attached hydrogens (tertiary/aromatic N) is 1. The van der Waals surface area contributed by atoms with Gasteiger partial charge in [0.05, 0.1) is 6.04 Å². The average molecular weight is 616 g/mol. The van der Waals surface area contributed by atoms with Crippen LogP contribution in [0.25, 0.3) is 60.6 Å². The summed E-state index contributed by atoms with van der Waals surface area (Å²) in [6.45, 7) is 2.23. The first-order chi connectivity index (χ1) is 23.8. The van der Waals surface area contributed by atoms with Crippen LogP contribution >= 0.6 is 0 Å². The van der Waals surface area contributed by atoms with Gasteiger partial charge in [-0.2, -0.15) is 0 Å². The topological polar surface area (TPSA) is 12.4 Å². The largest absolute Gasteiger partial charge is 0.285 e. The van der Waals surface area contributed by atoms with Gasteiger partial charge in [0, 0.05) is 12.1 Å². The van der Waals surface area contributed by atoms with Crippen molar-refractivity contribution in [3.05, 3.63) is 173 Å². The van der Waals surface area contributed by atoms with Crippen molar-refractivity contribution in [3.8, 4) is 22.3 Å². The molecule has 0 saturated heterocycles. The standard InChI is InChI=1S/C47H37N/c1-2-31-20-21-35-30-36(27-26-34(35)29-31)46-41-11-3-5-13-43(41)47(44-14-6-4-12-42(44)46)40-18-10-16-38-37(15-9-17-39(38)40)32-22-24-33(25-23-32)45-19-7-8-28-48-45/h3-18,20-29,36,45H,2,19,30H2,1H3. The zero-order chi connectivity index (χ0) is 32.0. The zero-order valence-corrected chi connectivity index (χ0v) is 27.2. The predicted molar refractivity (Wildman–Crippen MR) is 206 cm³/mol. The third kappa shape index (κ3) is 4.81. The molecule has 0 spiro atoms. The zero-order valence-electron chi connectivity index (χ0n) is 27.2. The van der Waals surface area contributed by atoms with Crippen molar-refractivity contribution in [2.45, 2.75) is 38.1 Å². The van der Waals surface area contributed by atoms with Gasteiger partial charge in [-0.25, -0.2) is 0 Å². The second-order valence-electron chi connectivity index (χ2n) is 13.2. The van der Waals surface area contributed by atoms with Crippen molar-refractivity contribution < 1.29 is 0 Å². The van der Waals surface area contributed by atoms with E-state index in [2.05, 4.69) is 158 Å². The summed E-state index contributed by atoms with van der Waals surface area (Å²) in [5, 5.41) is 7.88. The minimum Gasteiger partial charge on any atom is -0.285 e. The molecule has 0 fully saturated rings. The first kappa shape index (κ1) is 28.7. The number of aryl methyl sites for hydroxylation is 1. The summed E-state index contributed by atoms with van der Waals surface area (Å²) in [4.78, 5) is 4.68. The predicted octanol–water partition coefficient (Wildman–Crippen LogP) is 12.5. The SMILES string of the molecule is CCc1ccc2c(c1)C=CC(c1c3ccccc3c(-c3cccc4c(-c5ccc(C6CC=CC=N6)cc5)cccc34)c3ccccc13)C2. The lowest BCUT2D eigenvalue weighted by molar-refractivity contribution is 0.741. The highest BCUT2D eigenvalue weighted by Crippen LogP contribution is 2.46. The second kappa shape index (κ2) is 11.9. The van der Waals surface area contributed by atoms with Crippen molar-refractivity contribution in [2.75, 3.05) is 0 Å². The van der Waals surface area contributed by atoms with Crippen molar-refractivity contribution >= 4 is 44.6 Å². The van der Waals surface area contributed by atoms with Crippen molar-refractivity contribution in [3.63, 3.8) is 0 Å². The molecule has 1 nitrogen and oxygen atoms in total. The smallest absolute Gasteiger partial charge is 0.0783 e. The number of hydrogen-bond donors (Lipinski definition) is 0. The fourth-order valence-electron chi connectivity index (χ4n) is 8.15. The first-order valence-electron chi connectivity index (χ1n) is 17.3. The maximum Gasteiger partial charge on any atom is 0.0783 e. The second-order valence-corrected chi connectivity index (χ2v) is 13.2. The molecule has 7 aromatic carbocycles. The summed E-state index contributed by atoms with van der Waals surface area (Å²) in [6, 6.07) is 48.1. The molecule has 1 aliphatic carbocycles. The quantitative estimate of drug-likeness (QED) is 0.171. The highest BCUT2D eigenvalue weighted by molar-refractivity contribution is 6.19. The van der Waals surface area contributed by atoms with E-state index in [0.29, 0.717) is 5.92 Å². The van der Waals surface area contributed by atoms with Gasteiger partial charge in [-0.3, -0.25) is 4.99 Å². The van der Waals surface area contributed by atoms with E-state index in [9.17, 15) is 0 Å². The molecule has 1 heterocycles. The number of aliphatic imine (C=N–C) groups is 1. The van der Waals surface area contributed by atoms with Crippen LogP contribution in [0.5, 0.6) is 0 Å². The summed E-state index contributed by atoms with van der Waals surface area (Å²) >= 11 is 0. The summed E-state index contributed by atoms with van der Waals surface area (Å²) in [7, 11) is 0. The van der Waals surface area contributed by atoms with E-state index in [1.165, 1.54) is 82.4 Å². The van der Waals surface area contributed by atoms with E-state index < -0.39 is 0 Å². The maximum atomic E-state index is 4.68. The van der Waals surface area contributed by atoms with Crippen molar-refractivity contribution in [1.82, 2.24) is 0 Å². The normalized spacial score (nSPS) is 16.9. The van der Waals surface area contributed by atoms with Gasteiger partial charge in [-0.05, 0) is 108 Å². The highest BCUT2D eigenvalue weighted by atomic mass is 14.8. The summed E-state index contributed by atoms with van der Waals surface area (Å²) in [5.41, 5.74) is 12.0. The number of fused-ring (bicyclic) bond motifs is 4. The van der Waals surface area contributed by atoms with Crippen LogP contribution in [0.15, 0.2) is 151 Å². The fraction of sp³-hybridized carbons (Fsp3) is 0.128. The molecule has 0 bridgehead atoms. The lowest BCUT2D eigenvalue weighted by Gasteiger charge is -2.25. The Balaban J connectivity index is 1.21. The Morgan fingerprint density at radius 3 is 2.00 bits per heavy atom. The van der Waals surface area contributed by atoms with Gasteiger partial charge in [0.2, 0.25) is 0 Å². The van der Waals surface area contributed by atoms with E-state index >= 15 is 0 Å². The Morgan fingerprint density at radius 1 is 0.646 bits per heavy atom. The molecular weight excluding hydrogens is 579 g/mol. The Labute approximate surface area is 282 Å². The van der Waals surface area contributed by atoms with E-state index in [0.717, 1.165) is 19.3 Å². The van der Waals surface area contributed by atoms with Gasteiger partial charge in [-0.15, -0.1) is 0 Å². The molecule has 0 radical (unpaired) electrons. The maximum absolute atomic E-state index is 4.68. The van der Waals surface area contributed by atoms with Crippen LogP contribution in [-0.2, 0) is 12.8 Å². The number of rotatable bonds is 5. The summed E-state index contributed by atoms with van der Waals surface area (Å²) in [6.07, 6.45) is 14.0. The van der Waals surface area contributed by atoms with Crippen molar-refractivity contribution in [1.29, 1.82) is 0 Å². The molecule has 1 aliphatic heterocycles. The van der Waals surface area contributed by atoms with E-state index in [4.69, 9.17) is 0 Å². The third-order valence-electron chi connectivity index (χ3n) is 10.6. The third-order valence-corrected chi connectivity index (χ3v) is 10.6. The number of hydrogen-bond acceptors (Lipinski definition) is 1. The van der Waals surface area contributed by atoms with Crippen molar-refractivity contribution in [2.24, 2.45) is 4.99 Å². The molecule has 9 rings (SSSR count). The first-order valence-corrected chi connectivity index (χ1v) is 17.3. The molecule has 0 N–H and O–H groups in total.